The van der Waals surface area contributed by atoms with Crippen LogP contribution in [0.25, 0.3) is 0 Å². The van der Waals surface area contributed by atoms with Crippen molar-refractivity contribution in [3.05, 3.63) is 36.2 Å². The maximum absolute atomic E-state index is 12.8. The topological polar surface area (TPSA) is 79.4 Å². The third kappa shape index (κ3) is 4.89. The SMILES string of the molecule is O=C(CN(C1CC1)S(=O)(=O)c1cccnc1)NCCC1=CCCCC1. The Kier molecular flexibility index (Phi) is 5.86. The van der Waals surface area contributed by atoms with Crippen molar-refractivity contribution >= 4 is 15.9 Å². The van der Waals surface area contributed by atoms with E-state index in [1.807, 2.05) is 0 Å². The van der Waals surface area contributed by atoms with Crippen molar-refractivity contribution in [2.24, 2.45) is 0 Å². The number of sulfonamides is 1. The predicted octanol–water partition coefficient (Wildman–Crippen LogP) is 2.24. The van der Waals surface area contributed by atoms with E-state index in [-0.39, 0.29) is 23.4 Å². The Hall–Kier alpha value is -1.73. The number of nitrogens with zero attached hydrogens (tertiary/aromatic N) is 2. The minimum atomic E-state index is -3.68. The summed E-state index contributed by atoms with van der Waals surface area (Å²) in [6.07, 6.45) is 12.3. The molecule has 0 bridgehead atoms. The number of amides is 1. The number of hydrogen-bond donors (Lipinski definition) is 1. The van der Waals surface area contributed by atoms with E-state index in [1.54, 1.807) is 6.07 Å². The van der Waals surface area contributed by atoms with E-state index in [9.17, 15) is 13.2 Å². The number of carbonyl (C=O) groups is 1. The van der Waals surface area contributed by atoms with Crippen molar-refractivity contribution in [3.8, 4) is 0 Å². The van der Waals surface area contributed by atoms with Crippen molar-refractivity contribution in [1.29, 1.82) is 0 Å². The molecular weight excluding hydrogens is 338 g/mol. The molecule has 0 aliphatic heterocycles. The molecule has 1 N–H and O–H groups in total. The molecule has 2 aliphatic rings. The van der Waals surface area contributed by atoms with Crippen molar-refractivity contribution < 1.29 is 13.2 Å². The van der Waals surface area contributed by atoms with Crippen molar-refractivity contribution in [2.75, 3.05) is 13.1 Å². The molecule has 1 amide bonds. The van der Waals surface area contributed by atoms with Crippen LogP contribution in [0.15, 0.2) is 41.1 Å². The first-order valence-corrected chi connectivity index (χ1v) is 10.4. The standard InChI is InChI=1S/C18H25N3O3S/c22-18(20-12-10-15-5-2-1-3-6-15)14-21(16-8-9-16)25(23,24)17-7-4-11-19-13-17/h4-5,7,11,13,16H,1-3,6,8-10,12,14H2,(H,20,22). The number of pyridine rings is 1. The largest absolute Gasteiger partial charge is 0.355 e. The van der Waals surface area contributed by atoms with Gasteiger partial charge in [0.15, 0.2) is 0 Å². The molecule has 0 saturated heterocycles. The second-order valence-electron chi connectivity index (χ2n) is 6.68. The summed E-state index contributed by atoms with van der Waals surface area (Å²) < 4.78 is 26.9. The summed E-state index contributed by atoms with van der Waals surface area (Å²) in [5.41, 5.74) is 1.40. The van der Waals surface area contributed by atoms with Gasteiger partial charge in [-0.05, 0) is 57.1 Å². The number of carbonyl (C=O) groups excluding carboxylic acids is 1. The van der Waals surface area contributed by atoms with Crippen LogP contribution in [0.1, 0.15) is 44.9 Å². The van der Waals surface area contributed by atoms with E-state index in [0.717, 1.165) is 32.1 Å². The van der Waals surface area contributed by atoms with Crippen LogP contribution in [0.5, 0.6) is 0 Å². The van der Waals surface area contributed by atoms with Crippen LogP contribution in [0.3, 0.4) is 0 Å². The predicted molar refractivity (Wildman–Crippen MR) is 95.3 cm³/mol. The Balaban J connectivity index is 1.56. The summed E-state index contributed by atoms with van der Waals surface area (Å²) >= 11 is 0. The molecule has 2 aliphatic carbocycles. The minimum absolute atomic E-state index is 0.0722. The summed E-state index contributed by atoms with van der Waals surface area (Å²) in [6, 6.07) is 3.04. The van der Waals surface area contributed by atoms with E-state index in [4.69, 9.17) is 0 Å². The maximum Gasteiger partial charge on any atom is 0.245 e. The summed E-state index contributed by atoms with van der Waals surface area (Å²) in [4.78, 5) is 16.3. The number of rotatable bonds is 8. The van der Waals surface area contributed by atoms with Gasteiger partial charge in [0, 0.05) is 25.0 Å². The molecule has 0 aromatic carbocycles. The fraction of sp³-hybridized carbons (Fsp3) is 0.556. The van der Waals surface area contributed by atoms with Crippen LogP contribution < -0.4 is 5.32 Å². The van der Waals surface area contributed by atoms with E-state index in [1.165, 1.54) is 41.2 Å². The van der Waals surface area contributed by atoms with Crippen molar-refractivity contribution in [2.45, 2.75) is 55.9 Å². The molecule has 1 aromatic rings. The molecule has 3 rings (SSSR count). The van der Waals surface area contributed by atoms with Gasteiger partial charge in [0.1, 0.15) is 4.90 Å². The molecule has 1 fully saturated rings. The third-order valence-electron chi connectivity index (χ3n) is 4.65. The zero-order chi connectivity index (χ0) is 17.7. The number of allylic oxidation sites excluding steroid dienone is 1. The molecule has 6 nitrogen and oxygen atoms in total. The monoisotopic (exact) mass is 363 g/mol. The zero-order valence-electron chi connectivity index (χ0n) is 14.4. The molecule has 0 atom stereocenters. The van der Waals surface area contributed by atoms with Crippen LogP contribution in [0.2, 0.25) is 0 Å². The van der Waals surface area contributed by atoms with Crippen molar-refractivity contribution in [3.63, 3.8) is 0 Å². The molecule has 25 heavy (non-hydrogen) atoms. The van der Waals surface area contributed by atoms with Gasteiger partial charge in [0.05, 0.1) is 6.54 Å². The van der Waals surface area contributed by atoms with E-state index in [0.29, 0.717) is 6.54 Å². The normalized spacial score (nSPS) is 18.0. The highest BCUT2D eigenvalue weighted by Crippen LogP contribution is 2.31. The van der Waals surface area contributed by atoms with Gasteiger partial charge in [0.2, 0.25) is 15.9 Å². The quantitative estimate of drug-likeness (QED) is 0.719. The minimum Gasteiger partial charge on any atom is -0.355 e. The lowest BCUT2D eigenvalue weighted by Gasteiger charge is -2.21. The van der Waals surface area contributed by atoms with Gasteiger partial charge in [0.25, 0.3) is 0 Å². The van der Waals surface area contributed by atoms with Gasteiger partial charge >= 0.3 is 0 Å². The Bertz CT molecular complexity index is 727. The molecule has 7 heteroatoms. The van der Waals surface area contributed by atoms with Crippen LogP contribution >= 0.6 is 0 Å². The van der Waals surface area contributed by atoms with Gasteiger partial charge in [-0.25, -0.2) is 8.42 Å². The number of nitrogens with one attached hydrogen (secondary N) is 1. The summed E-state index contributed by atoms with van der Waals surface area (Å²) in [7, 11) is -3.68. The van der Waals surface area contributed by atoms with Crippen LogP contribution in [0.4, 0.5) is 0 Å². The molecule has 0 spiro atoms. The first-order chi connectivity index (χ1) is 12.1. The molecule has 0 radical (unpaired) electrons. The zero-order valence-corrected chi connectivity index (χ0v) is 15.2. The smallest absolute Gasteiger partial charge is 0.245 e. The fourth-order valence-electron chi connectivity index (χ4n) is 3.10. The summed E-state index contributed by atoms with van der Waals surface area (Å²) in [6.45, 7) is 0.442. The van der Waals surface area contributed by atoms with E-state index in [2.05, 4.69) is 16.4 Å². The Morgan fingerprint density at radius 2 is 2.16 bits per heavy atom. The molecule has 0 unspecified atom stereocenters. The van der Waals surface area contributed by atoms with Gasteiger partial charge in [-0.2, -0.15) is 4.31 Å². The van der Waals surface area contributed by atoms with E-state index >= 15 is 0 Å². The van der Waals surface area contributed by atoms with Gasteiger partial charge in [-0.1, -0.05) is 11.6 Å². The van der Waals surface area contributed by atoms with E-state index < -0.39 is 10.0 Å². The summed E-state index contributed by atoms with van der Waals surface area (Å²) in [5, 5.41) is 2.87. The highest BCUT2D eigenvalue weighted by molar-refractivity contribution is 7.89. The van der Waals surface area contributed by atoms with Gasteiger partial charge in [-0.15, -0.1) is 0 Å². The number of aromatic nitrogens is 1. The average molecular weight is 363 g/mol. The second-order valence-corrected chi connectivity index (χ2v) is 8.57. The molecule has 1 aromatic heterocycles. The third-order valence-corrected chi connectivity index (χ3v) is 6.53. The Morgan fingerprint density at radius 3 is 2.80 bits per heavy atom. The van der Waals surface area contributed by atoms with Crippen LogP contribution in [-0.4, -0.2) is 42.7 Å². The second kappa shape index (κ2) is 8.10. The lowest BCUT2D eigenvalue weighted by atomic mass is 9.97. The molecular formula is C18H25N3O3S. The highest BCUT2D eigenvalue weighted by atomic mass is 32.2. The Labute approximate surface area is 149 Å². The van der Waals surface area contributed by atoms with Crippen molar-refractivity contribution in [1.82, 2.24) is 14.6 Å². The fourth-order valence-corrected chi connectivity index (χ4v) is 4.71. The molecule has 1 heterocycles. The highest BCUT2D eigenvalue weighted by Gasteiger charge is 2.39. The van der Waals surface area contributed by atoms with Gasteiger partial charge < -0.3 is 5.32 Å². The van der Waals surface area contributed by atoms with Crippen LogP contribution in [0, 0.1) is 0 Å². The maximum atomic E-state index is 12.8. The summed E-state index contributed by atoms with van der Waals surface area (Å²) in [5.74, 6) is -0.240. The number of hydrogen-bond acceptors (Lipinski definition) is 4. The first-order valence-electron chi connectivity index (χ1n) is 8.94. The molecule has 1 saturated carbocycles. The Morgan fingerprint density at radius 1 is 1.32 bits per heavy atom. The van der Waals surface area contributed by atoms with Gasteiger partial charge in [-0.3, -0.25) is 9.78 Å². The van der Waals surface area contributed by atoms with Crippen LogP contribution in [-0.2, 0) is 14.8 Å². The lowest BCUT2D eigenvalue weighted by molar-refractivity contribution is -0.121. The lowest BCUT2D eigenvalue weighted by Crippen LogP contribution is -2.42. The molecule has 136 valence electrons. The average Bonchev–Trinajstić information content (AvgIpc) is 3.46. The first kappa shape index (κ1) is 18.1.